The van der Waals surface area contributed by atoms with Gasteiger partial charge in [-0.25, -0.2) is 17.2 Å². The first kappa shape index (κ1) is 29.2. The largest absolute Gasteiger partial charge is 0.388 e. The van der Waals surface area contributed by atoms with E-state index in [2.05, 4.69) is 15.6 Å². The summed E-state index contributed by atoms with van der Waals surface area (Å²) >= 11 is 0. The third-order valence-electron chi connectivity index (χ3n) is 7.26. The van der Waals surface area contributed by atoms with E-state index in [1.54, 1.807) is 6.08 Å². The van der Waals surface area contributed by atoms with Crippen molar-refractivity contribution in [2.75, 3.05) is 25.5 Å². The van der Waals surface area contributed by atoms with E-state index in [0.29, 0.717) is 31.5 Å². The van der Waals surface area contributed by atoms with Crippen LogP contribution in [0.2, 0.25) is 0 Å². The third kappa shape index (κ3) is 7.83. The number of hydrogen-bond acceptors (Lipinski definition) is 5. The molecular weight excluding hydrogens is 498 g/mol. The molecule has 1 saturated heterocycles. The number of hydrogen-bond donors (Lipinski definition) is 2. The minimum Gasteiger partial charge on any atom is -0.388 e. The number of benzene rings is 1. The molecule has 0 aromatic heterocycles. The van der Waals surface area contributed by atoms with Gasteiger partial charge >= 0.3 is 0 Å². The third-order valence-corrected chi connectivity index (χ3v) is 8.82. The Balaban J connectivity index is 1.51. The molecule has 2 heterocycles. The minimum absolute atomic E-state index is 0.0795. The highest BCUT2D eigenvalue weighted by atomic mass is 32.2. The van der Waals surface area contributed by atoms with Gasteiger partial charge in [-0.15, -0.1) is 0 Å². The predicted molar refractivity (Wildman–Crippen MR) is 145 cm³/mol. The number of aliphatic imine (C=N–C) groups is 1. The zero-order chi connectivity index (χ0) is 27.3. The molecule has 3 rings (SSSR count). The summed E-state index contributed by atoms with van der Waals surface area (Å²) in [6.45, 7) is 5.32. The van der Waals surface area contributed by atoms with Gasteiger partial charge in [-0.2, -0.15) is 4.31 Å². The molecule has 0 bridgehead atoms. The maximum atomic E-state index is 13.0. The molecule has 0 radical (unpaired) electrons. The van der Waals surface area contributed by atoms with E-state index in [0.717, 1.165) is 55.0 Å². The fourth-order valence-corrected chi connectivity index (χ4v) is 6.20. The Labute approximate surface area is 219 Å². The molecule has 7 nitrogen and oxygen atoms in total. The first-order chi connectivity index (χ1) is 17.3. The fourth-order valence-electron chi connectivity index (χ4n) is 5.03. The number of nitrogens with one attached hydrogen (secondary N) is 2. The van der Waals surface area contributed by atoms with Crippen LogP contribution in [0.3, 0.4) is 0 Å². The summed E-state index contributed by atoms with van der Waals surface area (Å²) in [5, 5.41) is 7.24. The van der Waals surface area contributed by atoms with Crippen LogP contribution in [0.4, 0.5) is 14.5 Å². The predicted octanol–water partition coefficient (Wildman–Crippen LogP) is 5.39. The van der Waals surface area contributed by atoms with Gasteiger partial charge in [-0.05, 0) is 81.4 Å². The summed E-state index contributed by atoms with van der Waals surface area (Å²) in [5.74, 6) is -2.10. The highest BCUT2D eigenvalue weighted by molar-refractivity contribution is 7.92. The van der Waals surface area contributed by atoms with Gasteiger partial charge in [-0.3, -0.25) is 9.79 Å². The Morgan fingerprint density at radius 1 is 1.11 bits per heavy atom. The number of aryl methyl sites for hydroxylation is 2. The number of halogens is 2. The molecule has 10 heteroatoms. The normalized spacial score (nSPS) is 18.4. The first-order valence-corrected chi connectivity index (χ1v) is 14.6. The lowest BCUT2D eigenvalue weighted by atomic mass is 9.89. The Hall–Kier alpha value is -2.33. The van der Waals surface area contributed by atoms with Gasteiger partial charge in [0.15, 0.2) is 0 Å². The van der Waals surface area contributed by atoms with Crippen LogP contribution in [-0.2, 0) is 14.8 Å². The van der Waals surface area contributed by atoms with Gasteiger partial charge in [-0.1, -0.05) is 19.3 Å². The van der Waals surface area contributed by atoms with Crippen LogP contribution in [0, 0.1) is 13.8 Å². The lowest BCUT2D eigenvalue weighted by Crippen LogP contribution is -2.50. The van der Waals surface area contributed by atoms with E-state index in [4.69, 9.17) is 0 Å². The zero-order valence-electron chi connectivity index (χ0n) is 22.4. The molecule has 2 aliphatic rings. The van der Waals surface area contributed by atoms with Gasteiger partial charge in [0, 0.05) is 44.1 Å². The molecule has 0 unspecified atom stereocenters. The van der Waals surface area contributed by atoms with Crippen LogP contribution in [0.5, 0.6) is 0 Å². The van der Waals surface area contributed by atoms with Crippen LogP contribution in [0.1, 0.15) is 81.4 Å². The first-order valence-electron chi connectivity index (χ1n) is 13.1. The monoisotopic (exact) mass is 538 g/mol. The lowest BCUT2D eigenvalue weighted by Gasteiger charge is -2.34. The topological polar surface area (TPSA) is 90.9 Å². The van der Waals surface area contributed by atoms with E-state index in [-0.39, 0.29) is 25.4 Å². The van der Waals surface area contributed by atoms with E-state index >= 15 is 0 Å². The van der Waals surface area contributed by atoms with E-state index in [1.807, 2.05) is 33.0 Å². The molecule has 0 atom stereocenters. The Bertz CT molecular complexity index is 1110. The fraction of sp³-hybridized carbons (Fsp3) is 0.630. The Kier molecular flexibility index (Phi) is 9.50. The van der Waals surface area contributed by atoms with Crippen LogP contribution < -0.4 is 10.6 Å². The number of piperidine rings is 1. The smallest absolute Gasteiger partial charge is 0.253 e. The second-order valence-electron chi connectivity index (χ2n) is 10.4. The molecule has 1 aromatic rings. The standard InChI is InChI=1S/C27H40F2N4O3S/c1-20-18-22(30-4)19-21(2)23(20)11-17-37(35,36)33-15-13-27(14-16-33)25(34)31-24(32-27)10-8-6-5-7-9-12-26(3,28)29/h11,17-19,30H,5-10,12-16H2,1-4H3,(H,31,32,34)/b17-11+. The molecule has 1 aromatic carbocycles. The number of sulfonamides is 1. The maximum Gasteiger partial charge on any atom is 0.253 e. The lowest BCUT2D eigenvalue weighted by molar-refractivity contribution is -0.124. The number of unbranched alkanes of at least 4 members (excludes halogenated alkanes) is 4. The number of amides is 1. The SMILES string of the molecule is CNc1cc(C)c(/C=C/S(=O)(=O)N2CCC3(CC2)N=C(CCCCCCCC(C)(F)F)NC3=O)c(C)c1. The van der Waals surface area contributed by atoms with Gasteiger partial charge in [0.05, 0.1) is 0 Å². The van der Waals surface area contributed by atoms with Crippen molar-refractivity contribution in [3.63, 3.8) is 0 Å². The molecule has 1 fully saturated rings. The maximum absolute atomic E-state index is 13.0. The van der Waals surface area contributed by atoms with Crippen LogP contribution in [0.25, 0.3) is 6.08 Å². The van der Waals surface area contributed by atoms with Crippen LogP contribution in [0.15, 0.2) is 22.5 Å². The van der Waals surface area contributed by atoms with Crippen molar-refractivity contribution in [1.82, 2.24) is 9.62 Å². The number of carbonyl (C=O) groups is 1. The van der Waals surface area contributed by atoms with Crippen LogP contribution >= 0.6 is 0 Å². The van der Waals surface area contributed by atoms with E-state index in [1.165, 1.54) is 9.71 Å². The number of nitrogens with zero attached hydrogens (tertiary/aromatic N) is 2. The number of carbonyl (C=O) groups excluding carboxylic acids is 1. The summed E-state index contributed by atoms with van der Waals surface area (Å²) in [6.07, 6.45) is 6.77. The summed E-state index contributed by atoms with van der Waals surface area (Å²) in [6, 6.07) is 3.96. The van der Waals surface area contributed by atoms with Gasteiger partial charge in [0.1, 0.15) is 11.4 Å². The van der Waals surface area contributed by atoms with Crippen molar-refractivity contribution in [3.05, 3.63) is 34.2 Å². The van der Waals surface area contributed by atoms with Crippen molar-refractivity contribution in [1.29, 1.82) is 0 Å². The molecule has 0 aliphatic carbocycles. The second-order valence-corrected chi connectivity index (χ2v) is 12.2. The molecule has 2 aliphatic heterocycles. The molecule has 1 spiro atoms. The number of rotatable bonds is 12. The van der Waals surface area contributed by atoms with E-state index < -0.39 is 21.5 Å². The molecule has 37 heavy (non-hydrogen) atoms. The van der Waals surface area contributed by atoms with Gasteiger partial charge in [0.25, 0.3) is 5.91 Å². The van der Waals surface area contributed by atoms with E-state index in [9.17, 15) is 22.0 Å². The summed E-state index contributed by atoms with van der Waals surface area (Å²) in [7, 11) is -1.79. The van der Waals surface area contributed by atoms with Crippen molar-refractivity contribution < 1.29 is 22.0 Å². The highest BCUT2D eigenvalue weighted by Crippen LogP contribution is 2.32. The molecule has 0 saturated carbocycles. The number of anilines is 1. The summed E-state index contributed by atoms with van der Waals surface area (Å²) < 4.78 is 53.2. The average molecular weight is 539 g/mol. The van der Waals surface area contributed by atoms with Crippen molar-refractivity contribution in [2.24, 2.45) is 4.99 Å². The zero-order valence-corrected chi connectivity index (χ0v) is 23.2. The van der Waals surface area contributed by atoms with Crippen molar-refractivity contribution in [3.8, 4) is 0 Å². The second kappa shape index (κ2) is 12.0. The quantitative estimate of drug-likeness (QED) is 0.349. The average Bonchev–Trinajstić information content (AvgIpc) is 3.11. The van der Waals surface area contributed by atoms with Crippen molar-refractivity contribution in [2.45, 2.75) is 90.0 Å². The van der Waals surface area contributed by atoms with Gasteiger partial charge in [0.2, 0.25) is 15.9 Å². The Morgan fingerprint density at radius 3 is 2.30 bits per heavy atom. The van der Waals surface area contributed by atoms with Crippen LogP contribution in [-0.4, -0.2) is 56.1 Å². The summed E-state index contributed by atoms with van der Waals surface area (Å²) in [5.41, 5.74) is 2.93. The molecule has 206 valence electrons. The van der Waals surface area contributed by atoms with Crippen molar-refractivity contribution >= 4 is 33.5 Å². The number of alkyl halides is 2. The highest BCUT2D eigenvalue weighted by Gasteiger charge is 2.46. The minimum atomic E-state index is -3.63. The Morgan fingerprint density at radius 2 is 1.70 bits per heavy atom. The molecule has 2 N–H and O–H groups in total. The number of amidine groups is 1. The molecular formula is C27H40F2N4O3S. The van der Waals surface area contributed by atoms with Gasteiger partial charge < -0.3 is 10.6 Å². The summed E-state index contributed by atoms with van der Waals surface area (Å²) in [4.78, 5) is 17.4. The molecule has 1 amide bonds.